The molecule has 4 nitrogen and oxygen atoms in total. The Morgan fingerprint density at radius 2 is 1.72 bits per heavy atom. The average molecular weight is 439 g/mol. The standard InChI is InChI=1S/C27H19ClN2O2/c28-23-9-5-4-8-20(23)14-18-10-12-25(31)21(15-18)17-29-22-11-13-26-24(16-22)30-27(32-26)19-6-2-1-3-7-19/h1-13,15-17,31H,14H2. The van der Waals surface area contributed by atoms with E-state index in [4.69, 9.17) is 16.0 Å². The van der Waals surface area contributed by atoms with Crippen LogP contribution in [0, 0.1) is 0 Å². The van der Waals surface area contributed by atoms with E-state index in [0.29, 0.717) is 23.5 Å². The number of hydrogen-bond acceptors (Lipinski definition) is 4. The van der Waals surface area contributed by atoms with E-state index in [2.05, 4.69) is 9.98 Å². The van der Waals surface area contributed by atoms with Crippen LogP contribution in [0.4, 0.5) is 5.69 Å². The Morgan fingerprint density at radius 3 is 2.56 bits per heavy atom. The first-order chi connectivity index (χ1) is 15.7. The zero-order valence-corrected chi connectivity index (χ0v) is 17.8. The van der Waals surface area contributed by atoms with Crippen LogP contribution < -0.4 is 0 Å². The van der Waals surface area contributed by atoms with Gasteiger partial charge in [-0.3, -0.25) is 4.99 Å². The molecule has 0 amide bonds. The molecule has 0 fully saturated rings. The minimum atomic E-state index is 0.172. The van der Waals surface area contributed by atoms with Crippen LogP contribution >= 0.6 is 11.6 Å². The predicted octanol–water partition coefficient (Wildman–Crippen LogP) is 7.20. The molecule has 0 saturated heterocycles. The molecular weight excluding hydrogens is 420 g/mol. The lowest BCUT2D eigenvalue weighted by Crippen LogP contribution is -1.92. The van der Waals surface area contributed by atoms with Crippen LogP contribution in [-0.2, 0) is 6.42 Å². The monoisotopic (exact) mass is 438 g/mol. The number of aromatic nitrogens is 1. The fraction of sp³-hybridized carbons (Fsp3) is 0.0370. The van der Waals surface area contributed by atoms with Gasteiger partial charge in [-0.25, -0.2) is 4.98 Å². The van der Waals surface area contributed by atoms with Gasteiger partial charge in [-0.2, -0.15) is 0 Å². The van der Waals surface area contributed by atoms with Crippen molar-refractivity contribution in [3.8, 4) is 17.2 Å². The first kappa shape index (κ1) is 20.0. The van der Waals surface area contributed by atoms with Crippen LogP contribution in [-0.4, -0.2) is 16.3 Å². The molecule has 5 rings (SSSR count). The van der Waals surface area contributed by atoms with E-state index in [0.717, 1.165) is 32.9 Å². The Morgan fingerprint density at radius 1 is 0.906 bits per heavy atom. The molecule has 0 bridgehead atoms. The number of hydrogen-bond donors (Lipinski definition) is 1. The van der Waals surface area contributed by atoms with Crippen LogP contribution in [0.15, 0.2) is 100 Å². The van der Waals surface area contributed by atoms with Gasteiger partial charge in [0, 0.05) is 22.4 Å². The molecule has 5 aromatic rings. The van der Waals surface area contributed by atoms with Crippen molar-refractivity contribution >= 4 is 34.6 Å². The van der Waals surface area contributed by atoms with Gasteiger partial charge in [-0.1, -0.05) is 54.1 Å². The summed E-state index contributed by atoms with van der Waals surface area (Å²) < 4.78 is 5.86. The fourth-order valence-corrected chi connectivity index (χ4v) is 3.73. The zero-order chi connectivity index (χ0) is 21.9. The second kappa shape index (κ2) is 8.69. The third-order valence-corrected chi connectivity index (χ3v) is 5.56. The van der Waals surface area contributed by atoms with Crippen LogP contribution in [0.3, 0.4) is 0 Å². The van der Waals surface area contributed by atoms with E-state index in [9.17, 15) is 5.11 Å². The lowest BCUT2D eigenvalue weighted by Gasteiger charge is -2.06. The van der Waals surface area contributed by atoms with Crippen LogP contribution in [0.25, 0.3) is 22.6 Å². The number of benzene rings is 4. The number of aromatic hydroxyl groups is 1. The second-order valence-corrected chi connectivity index (χ2v) is 7.86. The summed E-state index contributed by atoms with van der Waals surface area (Å²) in [7, 11) is 0. The summed E-state index contributed by atoms with van der Waals surface area (Å²) >= 11 is 6.29. The molecule has 0 aliphatic rings. The Balaban J connectivity index is 1.40. The third-order valence-electron chi connectivity index (χ3n) is 5.19. The predicted molar refractivity (Wildman–Crippen MR) is 129 cm³/mol. The topological polar surface area (TPSA) is 58.6 Å². The summed E-state index contributed by atoms with van der Waals surface area (Å²) in [4.78, 5) is 9.13. The van der Waals surface area contributed by atoms with Gasteiger partial charge in [0.2, 0.25) is 5.89 Å². The van der Waals surface area contributed by atoms with Crippen molar-refractivity contribution < 1.29 is 9.52 Å². The van der Waals surface area contributed by atoms with Crippen LogP contribution in [0.5, 0.6) is 5.75 Å². The maximum absolute atomic E-state index is 10.3. The number of phenolic OH excluding ortho intramolecular Hbond substituents is 1. The van der Waals surface area contributed by atoms with E-state index in [1.807, 2.05) is 84.9 Å². The number of halogens is 1. The molecule has 5 heteroatoms. The second-order valence-electron chi connectivity index (χ2n) is 7.46. The Bertz CT molecular complexity index is 1420. The van der Waals surface area contributed by atoms with Crippen molar-refractivity contribution in [2.45, 2.75) is 6.42 Å². The molecule has 4 aromatic carbocycles. The van der Waals surface area contributed by atoms with Crippen LogP contribution in [0.1, 0.15) is 16.7 Å². The summed E-state index contributed by atoms with van der Waals surface area (Å²) in [5.41, 5.74) is 5.79. The molecular formula is C27H19ClN2O2. The number of oxazole rings is 1. The molecule has 0 aliphatic heterocycles. The smallest absolute Gasteiger partial charge is 0.227 e. The zero-order valence-electron chi connectivity index (χ0n) is 17.1. The van der Waals surface area contributed by atoms with E-state index in [1.165, 1.54) is 0 Å². The number of aliphatic imine (C=N–C) groups is 1. The molecule has 1 N–H and O–H groups in total. The summed E-state index contributed by atoms with van der Waals surface area (Å²) in [6, 6.07) is 28.6. The lowest BCUT2D eigenvalue weighted by molar-refractivity contribution is 0.474. The largest absolute Gasteiger partial charge is 0.507 e. The number of fused-ring (bicyclic) bond motifs is 1. The highest BCUT2D eigenvalue weighted by molar-refractivity contribution is 6.31. The molecule has 0 atom stereocenters. The Kier molecular flexibility index (Phi) is 5.44. The lowest BCUT2D eigenvalue weighted by atomic mass is 10.0. The molecule has 0 spiro atoms. The van der Waals surface area contributed by atoms with Gasteiger partial charge < -0.3 is 9.52 Å². The van der Waals surface area contributed by atoms with Crippen molar-refractivity contribution in [1.29, 1.82) is 0 Å². The molecule has 0 aliphatic carbocycles. The third kappa shape index (κ3) is 4.27. The first-order valence-electron chi connectivity index (χ1n) is 10.2. The highest BCUT2D eigenvalue weighted by atomic mass is 35.5. The van der Waals surface area contributed by atoms with Gasteiger partial charge in [0.15, 0.2) is 5.58 Å². The van der Waals surface area contributed by atoms with Crippen molar-refractivity contribution in [2.24, 2.45) is 4.99 Å². The molecule has 1 heterocycles. The van der Waals surface area contributed by atoms with Gasteiger partial charge in [-0.15, -0.1) is 0 Å². The SMILES string of the molecule is Oc1ccc(Cc2ccccc2Cl)cc1C=Nc1ccc2oc(-c3ccccc3)nc2c1. The van der Waals surface area contributed by atoms with E-state index < -0.39 is 0 Å². The van der Waals surface area contributed by atoms with Gasteiger partial charge in [0.1, 0.15) is 11.3 Å². The van der Waals surface area contributed by atoms with Crippen LogP contribution in [0.2, 0.25) is 5.02 Å². The van der Waals surface area contributed by atoms with Crippen molar-refractivity contribution in [2.75, 3.05) is 0 Å². The highest BCUT2D eigenvalue weighted by Gasteiger charge is 2.09. The quantitative estimate of drug-likeness (QED) is 0.295. The van der Waals surface area contributed by atoms with E-state index >= 15 is 0 Å². The number of phenols is 1. The first-order valence-corrected chi connectivity index (χ1v) is 10.6. The number of rotatable bonds is 5. The minimum absolute atomic E-state index is 0.172. The number of nitrogens with zero attached hydrogens (tertiary/aromatic N) is 2. The van der Waals surface area contributed by atoms with Gasteiger partial charge in [0.25, 0.3) is 0 Å². The molecule has 1 aromatic heterocycles. The highest BCUT2D eigenvalue weighted by Crippen LogP contribution is 2.28. The molecule has 32 heavy (non-hydrogen) atoms. The summed E-state index contributed by atoms with van der Waals surface area (Å²) in [5.74, 6) is 0.747. The molecule has 156 valence electrons. The maximum Gasteiger partial charge on any atom is 0.227 e. The minimum Gasteiger partial charge on any atom is -0.507 e. The van der Waals surface area contributed by atoms with Crippen molar-refractivity contribution in [3.63, 3.8) is 0 Å². The Hall–Kier alpha value is -3.89. The van der Waals surface area contributed by atoms with Gasteiger partial charge in [-0.05, 0) is 66.1 Å². The average Bonchev–Trinajstić information content (AvgIpc) is 3.25. The summed E-state index contributed by atoms with van der Waals surface area (Å²) in [6.45, 7) is 0. The van der Waals surface area contributed by atoms with Gasteiger partial charge in [0.05, 0.1) is 5.69 Å². The summed E-state index contributed by atoms with van der Waals surface area (Å²) in [6.07, 6.45) is 2.33. The fourth-order valence-electron chi connectivity index (χ4n) is 3.52. The summed E-state index contributed by atoms with van der Waals surface area (Å²) in [5, 5.41) is 11.0. The van der Waals surface area contributed by atoms with Gasteiger partial charge >= 0.3 is 0 Å². The molecule has 0 saturated carbocycles. The van der Waals surface area contributed by atoms with Crippen molar-refractivity contribution in [1.82, 2.24) is 4.98 Å². The van der Waals surface area contributed by atoms with E-state index in [1.54, 1.807) is 12.3 Å². The normalized spacial score (nSPS) is 11.4. The van der Waals surface area contributed by atoms with E-state index in [-0.39, 0.29) is 5.75 Å². The molecule has 0 unspecified atom stereocenters. The van der Waals surface area contributed by atoms with Crippen molar-refractivity contribution in [3.05, 3.63) is 113 Å². The Labute approximate surface area is 190 Å². The maximum atomic E-state index is 10.3. The molecule has 0 radical (unpaired) electrons.